The summed E-state index contributed by atoms with van der Waals surface area (Å²) in [5, 5.41) is 9.03. The molecule has 0 amide bonds. The molecule has 5 rings (SSSR count). The Morgan fingerprint density at radius 3 is 2.38 bits per heavy atom. The molecule has 0 saturated carbocycles. The van der Waals surface area contributed by atoms with E-state index < -0.39 is 20.6 Å². The van der Waals surface area contributed by atoms with E-state index >= 15 is 0 Å². The lowest BCUT2D eigenvalue weighted by atomic mass is 10.0. The number of fused-ring (bicyclic) bond motifs is 2. The normalized spacial score (nSPS) is 17.8. The van der Waals surface area contributed by atoms with E-state index in [1.165, 1.54) is 9.87 Å². The maximum Gasteiger partial charge on any atom is 0.264 e. The lowest BCUT2D eigenvalue weighted by Crippen LogP contribution is -2.38. The highest BCUT2D eigenvalue weighted by molar-refractivity contribution is 8.24. The van der Waals surface area contributed by atoms with Crippen LogP contribution in [-0.4, -0.2) is 29.8 Å². The molecule has 1 aliphatic carbocycles. The third-order valence-electron chi connectivity index (χ3n) is 6.16. The van der Waals surface area contributed by atoms with E-state index in [-0.39, 0.29) is 22.1 Å². The number of nitriles is 1. The van der Waals surface area contributed by atoms with Crippen LogP contribution in [0, 0.1) is 11.3 Å². The van der Waals surface area contributed by atoms with E-state index in [4.69, 9.17) is 5.26 Å². The summed E-state index contributed by atoms with van der Waals surface area (Å²) in [4.78, 5) is 0.470. The highest BCUT2D eigenvalue weighted by Crippen LogP contribution is 2.56. The van der Waals surface area contributed by atoms with Gasteiger partial charge in [-0.2, -0.15) is 15.9 Å². The molecule has 0 unspecified atom stereocenters. The van der Waals surface area contributed by atoms with E-state index in [1.54, 1.807) is 54.6 Å². The zero-order valence-electron chi connectivity index (χ0n) is 17.2. The molecule has 1 aliphatic heterocycles. The Labute approximate surface area is 189 Å². The van der Waals surface area contributed by atoms with Gasteiger partial charge in [0.2, 0.25) is 0 Å². The Bertz CT molecular complexity index is 1360. The second-order valence-electron chi connectivity index (χ2n) is 8.10. The van der Waals surface area contributed by atoms with Crippen molar-refractivity contribution in [1.82, 2.24) is 0 Å². The molecule has 2 aliphatic rings. The van der Waals surface area contributed by atoms with Gasteiger partial charge in [-0.3, -0.25) is 13.4 Å². The van der Waals surface area contributed by atoms with Gasteiger partial charge >= 0.3 is 0 Å². The van der Waals surface area contributed by atoms with Gasteiger partial charge in [0.1, 0.15) is 0 Å². The molecular weight excluding hydrogens is 444 g/mol. The fourth-order valence-electron chi connectivity index (χ4n) is 4.43. The lowest BCUT2D eigenvalue weighted by Gasteiger charge is -2.42. The first-order chi connectivity index (χ1) is 15.3. The van der Waals surface area contributed by atoms with Crippen molar-refractivity contribution in [2.24, 2.45) is 0 Å². The Morgan fingerprint density at radius 2 is 1.62 bits per heavy atom. The Kier molecular flexibility index (Phi) is 5.02. The van der Waals surface area contributed by atoms with Gasteiger partial charge in [-0.25, -0.2) is 8.42 Å². The first kappa shape index (κ1) is 21.0. The van der Waals surface area contributed by atoms with Gasteiger partial charge in [0, 0.05) is 0 Å². The first-order valence-corrected chi connectivity index (χ1v) is 13.5. The largest absolute Gasteiger partial charge is 0.295 e. The predicted molar refractivity (Wildman–Crippen MR) is 126 cm³/mol. The zero-order valence-corrected chi connectivity index (χ0v) is 18.9. The molecule has 3 aromatic rings. The minimum atomic E-state index is -3.88. The highest BCUT2D eigenvalue weighted by Gasteiger charge is 2.36. The van der Waals surface area contributed by atoms with E-state index in [2.05, 4.69) is 6.07 Å². The molecule has 0 spiro atoms. The topological polar surface area (TPSA) is 102 Å². The summed E-state index contributed by atoms with van der Waals surface area (Å²) in [7, 11) is -6.96. The van der Waals surface area contributed by atoms with Crippen LogP contribution in [0.2, 0.25) is 0 Å². The monoisotopic (exact) mass is 466 g/mol. The standard InChI is InChI=1S/C24H22N2O4S2/c25-16-17-4-6-19(7-5-17)21-9-11-24-23(15-21)26(12-13-31(24,27)28)32(29,30)22-10-8-18-2-1-3-20(18)14-22/h4-11,14-15,27-28H,1-3,12-13H2. The molecule has 2 N–H and O–H groups in total. The van der Waals surface area contributed by atoms with Crippen LogP contribution in [0.4, 0.5) is 5.69 Å². The fourth-order valence-corrected chi connectivity index (χ4v) is 7.58. The summed E-state index contributed by atoms with van der Waals surface area (Å²) in [6.45, 7) is -0.00836. The Morgan fingerprint density at radius 1 is 0.906 bits per heavy atom. The number of nitrogens with zero attached hydrogens (tertiary/aromatic N) is 2. The van der Waals surface area contributed by atoms with Crippen LogP contribution in [0.3, 0.4) is 0 Å². The molecule has 0 fully saturated rings. The summed E-state index contributed by atoms with van der Waals surface area (Å²) in [5.74, 6) is -0.0413. The molecule has 8 heteroatoms. The van der Waals surface area contributed by atoms with Crippen molar-refractivity contribution in [2.45, 2.75) is 29.1 Å². The minimum Gasteiger partial charge on any atom is -0.295 e. The van der Waals surface area contributed by atoms with Crippen LogP contribution in [-0.2, 0) is 22.9 Å². The van der Waals surface area contributed by atoms with Crippen LogP contribution in [0.5, 0.6) is 0 Å². The molecule has 32 heavy (non-hydrogen) atoms. The third-order valence-corrected chi connectivity index (χ3v) is 9.77. The molecule has 1 heterocycles. The number of hydrogen-bond acceptors (Lipinski definition) is 5. The van der Waals surface area contributed by atoms with Crippen molar-refractivity contribution in [3.8, 4) is 17.2 Å². The average molecular weight is 467 g/mol. The minimum absolute atomic E-state index is 0.00836. The summed E-state index contributed by atoms with van der Waals surface area (Å²) < 4.78 is 49.8. The predicted octanol–water partition coefficient (Wildman–Crippen LogP) is 5.03. The maximum absolute atomic E-state index is 13.6. The van der Waals surface area contributed by atoms with E-state index in [9.17, 15) is 17.5 Å². The van der Waals surface area contributed by atoms with Crippen molar-refractivity contribution in [3.63, 3.8) is 0 Å². The third kappa shape index (κ3) is 3.48. The van der Waals surface area contributed by atoms with Gasteiger partial charge in [-0.05, 0) is 77.9 Å². The van der Waals surface area contributed by atoms with Gasteiger partial charge in [0.05, 0.1) is 39.4 Å². The fraction of sp³-hybridized carbons (Fsp3) is 0.208. The van der Waals surface area contributed by atoms with Crippen molar-refractivity contribution in [1.29, 1.82) is 5.26 Å². The molecule has 3 aromatic carbocycles. The van der Waals surface area contributed by atoms with E-state index in [0.29, 0.717) is 11.3 Å². The number of benzene rings is 3. The molecule has 0 atom stereocenters. The molecule has 0 aromatic heterocycles. The smallest absolute Gasteiger partial charge is 0.264 e. The molecule has 0 saturated heterocycles. The molecule has 0 radical (unpaired) electrons. The second-order valence-corrected chi connectivity index (χ2v) is 12.1. The SMILES string of the molecule is N#Cc1ccc(-c2ccc3c(c2)N(S(=O)(=O)c2ccc4c(c2)CCC4)CCS3(O)O)cc1. The van der Waals surface area contributed by atoms with Crippen LogP contribution in [0.15, 0.2) is 70.5 Å². The lowest BCUT2D eigenvalue weighted by molar-refractivity contribution is 0.484. The summed E-state index contributed by atoms with van der Waals surface area (Å²) >= 11 is 0. The molecule has 0 bridgehead atoms. The van der Waals surface area contributed by atoms with Gasteiger partial charge in [0.25, 0.3) is 10.0 Å². The van der Waals surface area contributed by atoms with E-state index in [1.807, 2.05) is 6.07 Å². The van der Waals surface area contributed by atoms with Crippen LogP contribution >= 0.6 is 10.6 Å². The summed E-state index contributed by atoms with van der Waals surface area (Å²) in [5.41, 5.74) is 4.63. The average Bonchev–Trinajstić information content (AvgIpc) is 3.27. The van der Waals surface area contributed by atoms with Crippen molar-refractivity contribution >= 4 is 26.3 Å². The Balaban J connectivity index is 1.61. The number of rotatable bonds is 3. The van der Waals surface area contributed by atoms with Gasteiger partial charge in [-0.15, -0.1) is 0 Å². The quantitative estimate of drug-likeness (QED) is 0.564. The van der Waals surface area contributed by atoms with Gasteiger partial charge in [-0.1, -0.05) is 24.3 Å². The summed E-state index contributed by atoms with van der Waals surface area (Å²) in [6.07, 6.45) is 2.87. The number of aryl methyl sites for hydroxylation is 2. The van der Waals surface area contributed by atoms with Gasteiger partial charge < -0.3 is 0 Å². The van der Waals surface area contributed by atoms with Crippen LogP contribution < -0.4 is 4.31 Å². The van der Waals surface area contributed by atoms with Gasteiger partial charge in [0.15, 0.2) is 0 Å². The highest BCUT2D eigenvalue weighted by atomic mass is 32.3. The number of hydrogen-bond donors (Lipinski definition) is 2. The molecular formula is C24H22N2O4S2. The molecule has 164 valence electrons. The van der Waals surface area contributed by atoms with E-state index in [0.717, 1.165) is 36.0 Å². The van der Waals surface area contributed by atoms with Crippen molar-refractivity contribution < 1.29 is 17.5 Å². The Hall–Kier alpha value is -2.83. The zero-order chi connectivity index (χ0) is 22.5. The maximum atomic E-state index is 13.6. The van der Waals surface area contributed by atoms with Crippen molar-refractivity contribution in [2.75, 3.05) is 16.6 Å². The van der Waals surface area contributed by atoms with Crippen LogP contribution in [0.25, 0.3) is 11.1 Å². The number of anilines is 1. The number of sulfonamides is 1. The second kappa shape index (κ2) is 7.64. The van der Waals surface area contributed by atoms with Crippen molar-refractivity contribution in [3.05, 3.63) is 77.4 Å². The first-order valence-electron chi connectivity index (χ1n) is 10.3. The summed E-state index contributed by atoms with van der Waals surface area (Å²) in [6, 6.07) is 19.4. The van der Waals surface area contributed by atoms with Crippen LogP contribution in [0.1, 0.15) is 23.1 Å². The molecule has 6 nitrogen and oxygen atoms in total.